The van der Waals surface area contributed by atoms with Crippen molar-refractivity contribution in [3.05, 3.63) is 41.4 Å². The monoisotopic (exact) mass is 331 g/mol. The molecule has 0 aliphatic rings. The number of carbonyl (C=O) groups excluding carboxylic acids is 1. The zero-order chi connectivity index (χ0) is 17.4. The fourth-order valence-corrected chi connectivity index (χ4v) is 2.26. The van der Waals surface area contributed by atoms with Crippen molar-refractivity contribution in [3.63, 3.8) is 0 Å². The number of nitrogens with two attached hydrogens (primary N) is 1. The zero-order valence-corrected chi connectivity index (χ0v) is 13.3. The molecule has 0 aliphatic heterocycles. The second-order valence-corrected chi connectivity index (χ2v) is 5.29. The molecular weight excluding hydrogens is 315 g/mol. The maximum atomic E-state index is 14.0. The number of hydrogen-bond acceptors (Lipinski definition) is 5. The number of aromatic amines is 1. The Kier molecular flexibility index (Phi) is 3.76. The number of aryl methyl sites for hydroxylation is 1. The van der Waals surface area contributed by atoms with E-state index in [0.717, 1.165) is 0 Å². The zero-order valence-electron chi connectivity index (χ0n) is 13.3. The SMILES string of the molecule is Cc1oc(C(=O)Nc2ccc(F)c(-c3nc(N)n[nH]3)c2)c(C)[n+]1C. The van der Waals surface area contributed by atoms with E-state index in [2.05, 4.69) is 20.5 Å². The topological polar surface area (TPSA) is 114 Å². The van der Waals surface area contributed by atoms with Gasteiger partial charge in [-0.05, 0) is 18.2 Å². The van der Waals surface area contributed by atoms with Gasteiger partial charge >= 0.3 is 5.89 Å². The van der Waals surface area contributed by atoms with Crippen LogP contribution in [0.25, 0.3) is 11.4 Å². The van der Waals surface area contributed by atoms with Gasteiger partial charge in [0.2, 0.25) is 11.6 Å². The highest BCUT2D eigenvalue weighted by molar-refractivity contribution is 6.03. The number of H-pyrrole nitrogens is 1. The Morgan fingerprint density at radius 3 is 2.75 bits per heavy atom. The molecule has 2 heterocycles. The summed E-state index contributed by atoms with van der Waals surface area (Å²) < 4.78 is 21.2. The third kappa shape index (κ3) is 2.71. The van der Waals surface area contributed by atoms with Gasteiger partial charge in [0.1, 0.15) is 12.9 Å². The Morgan fingerprint density at radius 1 is 1.42 bits per heavy atom. The Balaban J connectivity index is 1.90. The number of nitrogen functional groups attached to an aromatic ring is 1. The van der Waals surface area contributed by atoms with E-state index in [4.69, 9.17) is 10.2 Å². The summed E-state index contributed by atoms with van der Waals surface area (Å²) in [6.07, 6.45) is 0. The fourth-order valence-electron chi connectivity index (χ4n) is 2.26. The number of halogens is 1. The molecule has 8 nitrogen and oxygen atoms in total. The molecule has 0 radical (unpaired) electrons. The standard InChI is InChI=1S/C15H15FN6O2/c1-7-12(24-8(2)22(7)3)14(23)18-9-4-5-11(16)10(6-9)13-19-15(17)21-20-13/h4-6H,1-3H3,(H3-,17,18,19,20,21,23)/p+1. The highest BCUT2D eigenvalue weighted by Gasteiger charge is 2.25. The molecule has 0 saturated carbocycles. The summed E-state index contributed by atoms with van der Waals surface area (Å²) in [5, 5.41) is 8.88. The first-order valence-corrected chi connectivity index (χ1v) is 7.12. The highest BCUT2D eigenvalue weighted by atomic mass is 19.1. The lowest BCUT2D eigenvalue weighted by atomic mass is 10.1. The molecule has 9 heteroatoms. The molecule has 0 fully saturated rings. The Labute approximate surface area is 136 Å². The molecule has 24 heavy (non-hydrogen) atoms. The van der Waals surface area contributed by atoms with Crippen molar-refractivity contribution in [1.29, 1.82) is 0 Å². The number of anilines is 2. The molecule has 0 bridgehead atoms. The van der Waals surface area contributed by atoms with Crippen LogP contribution in [0.4, 0.5) is 16.0 Å². The van der Waals surface area contributed by atoms with E-state index in [9.17, 15) is 9.18 Å². The number of aromatic nitrogens is 4. The number of oxazole rings is 1. The fraction of sp³-hybridized carbons (Fsp3) is 0.200. The average Bonchev–Trinajstić information content (AvgIpc) is 3.08. The highest BCUT2D eigenvalue weighted by Crippen LogP contribution is 2.24. The minimum Gasteiger partial charge on any atom is -0.396 e. The van der Waals surface area contributed by atoms with E-state index >= 15 is 0 Å². The van der Waals surface area contributed by atoms with Crippen molar-refractivity contribution in [2.45, 2.75) is 13.8 Å². The van der Waals surface area contributed by atoms with Crippen LogP contribution in [0.1, 0.15) is 22.1 Å². The van der Waals surface area contributed by atoms with Crippen LogP contribution < -0.4 is 15.6 Å². The predicted octanol–water partition coefficient (Wildman–Crippen LogP) is 1.48. The second-order valence-electron chi connectivity index (χ2n) is 5.29. The van der Waals surface area contributed by atoms with E-state index in [1.165, 1.54) is 18.2 Å². The number of carbonyl (C=O) groups is 1. The Morgan fingerprint density at radius 2 is 2.17 bits per heavy atom. The first-order valence-electron chi connectivity index (χ1n) is 7.12. The largest absolute Gasteiger partial charge is 0.396 e. The molecule has 0 aliphatic carbocycles. The van der Waals surface area contributed by atoms with Crippen LogP contribution in [0, 0.1) is 19.7 Å². The second kappa shape index (κ2) is 5.76. The summed E-state index contributed by atoms with van der Waals surface area (Å²) in [7, 11) is 1.80. The molecular formula is C15H16FN6O2+. The Bertz CT molecular complexity index is 930. The van der Waals surface area contributed by atoms with Crippen molar-refractivity contribution >= 4 is 17.5 Å². The number of rotatable bonds is 3. The number of amides is 1. The number of benzene rings is 1. The van der Waals surface area contributed by atoms with Gasteiger partial charge in [0.15, 0.2) is 5.82 Å². The van der Waals surface area contributed by atoms with Gasteiger partial charge in [0.05, 0.1) is 12.5 Å². The van der Waals surface area contributed by atoms with Gasteiger partial charge in [-0.25, -0.2) is 4.39 Å². The van der Waals surface area contributed by atoms with Gasteiger partial charge in [0.25, 0.3) is 11.7 Å². The summed E-state index contributed by atoms with van der Waals surface area (Å²) in [6.45, 7) is 3.53. The number of nitrogens with zero attached hydrogens (tertiary/aromatic N) is 3. The van der Waals surface area contributed by atoms with Crippen LogP contribution in [0.15, 0.2) is 22.6 Å². The van der Waals surface area contributed by atoms with Gasteiger partial charge in [-0.2, -0.15) is 9.55 Å². The summed E-state index contributed by atoms with van der Waals surface area (Å²) in [4.78, 5) is 16.3. The van der Waals surface area contributed by atoms with E-state index < -0.39 is 11.7 Å². The molecule has 4 N–H and O–H groups in total. The Hall–Kier alpha value is -3.23. The molecule has 124 valence electrons. The van der Waals surface area contributed by atoms with Crippen molar-refractivity contribution in [2.24, 2.45) is 7.05 Å². The van der Waals surface area contributed by atoms with Crippen molar-refractivity contribution in [2.75, 3.05) is 11.1 Å². The predicted molar refractivity (Wildman–Crippen MR) is 83.5 cm³/mol. The third-order valence-electron chi connectivity index (χ3n) is 3.74. The van der Waals surface area contributed by atoms with E-state index in [-0.39, 0.29) is 23.1 Å². The molecule has 3 rings (SSSR count). The first-order chi connectivity index (χ1) is 11.4. The minimum atomic E-state index is -0.513. The maximum absolute atomic E-state index is 14.0. The molecule has 0 saturated heterocycles. The smallest absolute Gasteiger partial charge is 0.344 e. The number of hydrogen-bond donors (Lipinski definition) is 3. The molecule has 0 unspecified atom stereocenters. The lowest BCUT2D eigenvalue weighted by Crippen LogP contribution is -2.32. The lowest BCUT2D eigenvalue weighted by molar-refractivity contribution is -0.686. The molecule has 2 aromatic heterocycles. The maximum Gasteiger partial charge on any atom is 0.344 e. The normalized spacial score (nSPS) is 10.8. The van der Waals surface area contributed by atoms with Crippen LogP contribution in [-0.2, 0) is 7.05 Å². The quantitative estimate of drug-likeness (QED) is 0.629. The van der Waals surface area contributed by atoms with Gasteiger partial charge in [-0.3, -0.25) is 9.89 Å². The molecule has 0 atom stereocenters. The summed E-state index contributed by atoms with van der Waals surface area (Å²) in [5.74, 6) is 0.0522. The van der Waals surface area contributed by atoms with Gasteiger partial charge < -0.3 is 15.5 Å². The minimum absolute atomic E-state index is 0.00743. The van der Waals surface area contributed by atoms with Crippen LogP contribution in [0.3, 0.4) is 0 Å². The van der Waals surface area contributed by atoms with Gasteiger partial charge in [-0.1, -0.05) is 0 Å². The van der Waals surface area contributed by atoms with Gasteiger partial charge in [-0.15, -0.1) is 5.10 Å². The average molecular weight is 331 g/mol. The van der Waals surface area contributed by atoms with Crippen molar-refractivity contribution < 1.29 is 18.2 Å². The van der Waals surface area contributed by atoms with Crippen LogP contribution in [0.2, 0.25) is 0 Å². The van der Waals surface area contributed by atoms with Crippen LogP contribution in [-0.4, -0.2) is 21.1 Å². The van der Waals surface area contributed by atoms with E-state index in [1.807, 2.05) is 0 Å². The summed E-state index contributed by atoms with van der Waals surface area (Å²) in [5.41, 5.74) is 6.66. The van der Waals surface area contributed by atoms with Crippen molar-refractivity contribution in [1.82, 2.24) is 15.2 Å². The van der Waals surface area contributed by atoms with Crippen LogP contribution >= 0.6 is 0 Å². The molecule has 3 aromatic rings. The summed E-state index contributed by atoms with van der Waals surface area (Å²) in [6, 6.07) is 4.11. The van der Waals surface area contributed by atoms with Gasteiger partial charge in [0, 0.05) is 12.6 Å². The first kappa shape index (κ1) is 15.7. The van der Waals surface area contributed by atoms with E-state index in [1.54, 1.807) is 25.5 Å². The third-order valence-corrected chi connectivity index (χ3v) is 3.74. The van der Waals surface area contributed by atoms with E-state index in [0.29, 0.717) is 17.3 Å². The van der Waals surface area contributed by atoms with Crippen LogP contribution in [0.5, 0.6) is 0 Å². The number of nitrogens with one attached hydrogen (secondary N) is 2. The molecule has 0 spiro atoms. The molecule has 1 aromatic carbocycles. The molecule has 1 amide bonds. The lowest BCUT2D eigenvalue weighted by Gasteiger charge is -2.05. The summed E-state index contributed by atoms with van der Waals surface area (Å²) >= 11 is 0. The van der Waals surface area contributed by atoms with Crippen molar-refractivity contribution in [3.8, 4) is 11.4 Å².